The van der Waals surface area contributed by atoms with Crippen LogP contribution in [0, 0.1) is 5.82 Å². The Morgan fingerprint density at radius 1 is 1.04 bits per heavy atom. The summed E-state index contributed by atoms with van der Waals surface area (Å²) in [5, 5.41) is 9.81. The molecule has 0 bridgehead atoms. The molecule has 0 atom stereocenters. The molecule has 0 amide bonds. The largest absolute Gasteiger partial charge is 0.478 e. The highest BCUT2D eigenvalue weighted by molar-refractivity contribution is 9.10. The van der Waals surface area contributed by atoms with Crippen LogP contribution in [-0.4, -0.2) is 16.1 Å². The molecule has 1 heterocycles. The molecule has 0 aliphatic heterocycles. The molecule has 0 saturated carbocycles. The Morgan fingerprint density at radius 2 is 1.60 bits per heavy atom. The topological polar surface area (TPSA) is 53.1 Å². The molecule has 3 nitrogen and oxygen atoms in total. The highest BCUT2D eigenvalue weighted by Gasteiger charge is 2.26. The van der Waals surface area contributed by atoms with E-state index in [1.54, 1.807) is 12.1 Å². The summed E-state index contributed by atoms with van der Waals surface area (Å²) in [6, 6.07) is 13.5. The van der Waals surface area contributed by atoms with Crippen LogP contribution in [0.4, 0.5) is 4.39 Å². The first-order chi connectivity index (χ1) is 11.9. The van der Waals surface area contributed by atoms with Crippen molar-refractivity contribution < 1.29 is 14.3 Å². The Labute approximate surface area is 153 Å². The lowest BCUT2D eigenvalue weighted by Gasteiger charge is -2.07. The molecule has 128 valence electrons. The quantitative estimate of drug-likeness (QED) is 0.556. The van der Waals surface area contributed by atoms with Gasteiger partial charge in [0.1, 0.15) is 5.82 Å². The van der Waals surface area contributed by atoms with Crippen molar-refractivity contribution in [2.45, 2.75) is 19.8 Å². The van der Waals surface area contributed by atoms with Gasteiger partial charge in [0.05, 0.1) is 11.3 Å². The van der Waals surface area contributed by atoms with Crippen LogP contribution in [0.15, 0.2) is 53.0 Å². The summed E-state index contributed by atoms with van der Waals surface area (Å²) < 4.78 is 14.3. The molecule has 3 aromatic rings. The summed E-state index contributed by atoms with van der Waals surface area (Å²) in [6.07, 6.45) is 0. The van der Waals surface area contributed by atoms with Crippen LogP contribution >= 0.6 is 15.9 Å². The van der Waals surface area contributed by atoms with E-state index in [0.717, 1.165) is 15.7 Å². The van der Waals surface area contributed by atoms with Gasteiger partial charge in [0, 0.05) is 15.7 Å². The van der Waals surface area contributed by atoms with Crippen molar-refractivity contribution >= 4 is 21.9 Å². The van der Waals surface area contributed by atoms with Gasteiger partial charge in [-0.05, 0) is 41.3 Å². The van der Waals surface area contributed by atoms with E-state index in [1.807, 2.05) is 38.1 Å². The number of hydrogen-bond donors (Lipinski definition) is 2. The summed E-state index contributed by atoms with van der Waals surface area (Å²) in [4.78, 5) is 15.3. The first-order valence-electron chi connectivity index (χ1n) is 7.89. The van der Waals surface area contributed by atoms with E-state index in [4.69, 9.17) is 0 Å². The zero-order valence-electron chi connectivity index (χ0n) is 13.8. The Hall–Kier alpha value is -2.40. The van der Waals surface area contributed by atoms with Crippen LogP contribution in [0.2, 0.25) is 0 Å². The Kier molecular flexibility index (Phi) is 4.77. The van der Waals surface area contributed by atoms with E-state index in [1.165, 1.54) is 12.1 Å². The zero-order chi connectivity index (χ0) is 18.1. The summed E-state index contributed by atoms with van der Waals surface area (Å²) in [7, 11) is 0. The summed E-state index contributed by atoms with van der Waals surface area (Å²) in [5.74, 6) is -1.34. The Balaban J connectivity index is 2.33. The summed E-state index contributed by atoms with van der Waals surface area (Å²) in [6.45, 7) is 3.89. The maximum atomic E-state index is 13.3. The standard InChI is InChI=1S/C20H17BrFNO2/c1-11(2)18-17(20(24)25)16(12-5-9-15(22)10-6-12)19(23-18)13-3-7-14(21)8-4-13/h3-11,23H,1-2H3,(H,24,25). The predicted octanol–water partition coefficient (Wildman–Crippen LogP) is 6.07. The van der Waals surface area contributed by atoms with Gasteiger partial charge < -0.3 is 10.1 Å². The van der Waals surface area contributed by atoms with Gasteiger partial charge in [0.15, 0.2) is 0 Å². The fraction of sp³-hybridized carbons (Fsp3) is 0.150. The van der Waals surface area contributed by atoms with Gasteiger partial charge in [-0.1, -0.05) is 54.0 Å². The van der Waals surface area contributed by atoms with Gasteiger partial charge in [0.25, 0.3) is 0 Å². The number of benzene rings is 2. The molecular formula is C20H17BrFNO2. The number of H-pyrrole nitrogens is 1. The number of carboxylic acids is 1. The number of aromatic amines is 1. The summed E-state index contributed by atoms with van der Waals surface area (Å²) in [5.41, 5.74) is 3.74. The van der Waals surface area contributed by atoms with Crippen molar-refractivity contribution in [1.29, 1.82) is 0 Å². The average Bonchev–Trinajstić information content (AvgIpc) is 2.97. The van der Waals surface area contributed by atoms with Gasteiger partial charge in [0.2, 0.25) is 0 Å². The van der Waals surface area contributed by atoms with E-state index < -0.39 is 5.97 Å². The van der Waals surface area contributed by atoms with Crippen molar-refractivity contribution in [3.8, 4) is 22.4 Å². The van der Waals surface area contributed by atoms with E-state index in [-0.39, 0.29) is 17.3 Å². The monoisotopic (exact) mass is 401 g/mol. The fourth-order valence-electron chi connectivity index (χ4n) is 2.91. The van der Waals surface area contributed by atoms with Crippen molar-refractivity contribution in [2.75, 3.05) is 0 Å². The molecule has 2 N–H and O–H groups in total. The SMILES string of the molecule is CC(C)c1[nH]c(-c2ccc(Br)cc2)c(-c2ccc(F)cc2)c1C(=O)O. The zero-order valence-corrected chi connectivity index (χ0v) is 15.4. The summed E-state index contributed by atoms with van der Waals surface area (Å²) >= 11 is 3.41. The number of aromatic carboxylic acids is 1. The number of carbonyl (C=O) groups is 1. The Morgan fingerprint density at radius 3 is 2.12 bits per heavy atom. The molecule has 5 heteroatoms. The van der Waals surface area contributed by atoms with Crippen molar-refractivity contribution in [3.05, 3.63) is 70.1 Å². The lowest BCUT2D eigenvalue weighted by molar-refractivity contribution is 0.0696. The van der Waals surface area contributed by atoms with Crippen LogP contribution in [-0.2, 0) is 0 Å². The van der Waals surface area contributed by atoms with Crippen molar-refractivity contribution in [2.24, 2.45) is 0 Å². The first-order valence-corrected chi connectivity index (χ1v) is 8.68. The normalized spacial score (nSPS) is 11.1. The maximum absolute atomic E-state index is 13.3. The number of rotatable bonds is 4. The van der Waals surface area contributed by atoms with Crippen molar-refractivity contribution in [3.63, 3.8) is 0 Å². The molecule has 0 unspecified atom stereocenters. The minimum Gasteiger partial charge on any atom is -0.478 e. The van der Waals surface area contributed by atoms with Gasteiger partial charge in [-0.3, -0.25) is 0 Å². The fourth-order valence-corrected chi connectivity index (χ4v) is 3.18. The molecule has 25 heavy (non-hydrogen) atoms. The van der Waals surface area contributed by atoms with Crippen LogP contribution in [0.1, 0.15) is 35.8 Å². The van der Waals surface area contributed by atoms with E-state index in [0.29, 0.717) is 16.8 Å². The smallest absolute Gasteiger partial charge is 0.338 e. The lowest BCUT2D eigenvalue weighted by atomic mass is 9.95. The number of hydrogen-bond acceptors (Lipinski definition) is 1. The minimum atomic E-state index is -0.998. The second kappa shape index (κ2) is 6.84. The van der Waals surface area contributed by atoms with Crippen LogP contribution in [0.5, 0.6) is 0 Å². The molecule has 0 aliphatic carbocycles. The highest BCUT2D eigenvalue weighted by Crippen LogP contribution is 2.39. The number of nitrogens with one attached hydrogen (secondary N) is 1. The molecule has 0 aliphatic rings. The van der Waals surface area contributed by atoms with Gasteiger partial charge in [-0.25, -0.2) is 9.18 Å². The highest BCUT2D eigenvalue weighted by atomic mass is 79.9. The molecule has 2 aromatic carbocycles. The van der Waals surface area contributed by atoms with Crippen LogP contribution < -0.4 is 0 Å². The second-order valence-electron chi connectivity index (χ2n) is 6.14. The van der Waals surface area contributed by atoms with E-state index in [2.05, 4.69) is 20.9 Å². The predicted molar refractivity (Wildman–Crippen MR) is 100 cm³/mol. The van der Waals surface area contributed by atoms with Crippen LogP contribution in [0.3, 0.4) is 0 Å². The molecule has 1 aromatic heterocycles. The maximum Gasteiger partial charge on any atom is 0.338 e. The van der Waals surface area contributed by atoms with Gasteiger partial charge >= 0.3 is 5.97 Å². The third kappa shape index (κ3) is 3.37. The van der Waals surface area contributed by atoms with Crippen LogP contribution in [0.25, 0.3) is 22.4 Å². The molecular weight excluding hydrogens is 385 g/mol. The molecule has 0 radical (unpaired) electrons. The van der Waals surface area contributed by atoms with Crippen molar-refractivity contribution in [1.82, 2.24) is 4.98 Å². The molecule has 0 fully saturated rings. The second-order valence-corrected chi connectivity index (χ2v) is 7.05. The third-order valence-electron chi connectivity index (χ3n) is 4.09. The molecule has 0 spiro atoms. The number of aromatic nitrogens is 1. The minimum absolute atomic E-state index is 0.00879. The van der Waals surface area contributed by atoms with Gasteiger partial charge in [-0.2, -0.15) is 0 Å². The van der Waals surface area contributed by atoms with Gasteiger partial charge in [-0.15, -0.1) is 0 Å². The molecule has 0 saturated heterocycles. The Bertz CT molecular complexity index is 912. The van der Waals surface area contributed by atoms with E-state index in [9.17, 15) is 14.3 Å². The average molecular weight is 402 g/mol. The van der Waals surface area contributed by atoms with E-state index >= 15 is 0 Å². The first kappa shape index (κ1) is 17.4. The molecule has 3 rings (SSSR count). The number of carboxylic acid groups (broad SMARTS) is 1. The lowest BCUT2D eigenvalue weighted by Crippen LogP contribution is -2.03. The number of halogens is 2. The third-order valence-corrected chi connectivity index (χ3v) is 4.61.